The number of ether oxygens (including phenoxy) is 1. The Morgan fingerprint density at radius 1 is 1.06 bits per heavy atom. The number of carbonyl (C=O) groups excluding carboxylic acids is 2. The highest BCUT2D eigenvalue weighted by molar-refractivity contribution is 5.93. The van der Waals surface area contributed by atoms with E-state index in [1.807, 2.05) is 36.9 Å². The molecular formula is C23H28N4O5. The quantitative estimate of drug-likeness (QED) is 0.524. The van der Waals surface area contributed by atoms with Gasteiger partial charge in [0.1, 0.15) is 0 Å². The molecule has 32 heavy (non-hydrogen) atoms. The molecule has 0 aliphatic carbocycles. The first-order valence-corrected chi connectivity index (χ1v) is 10.5. The summed E-state index contributed by atoms with van der Waals surface area (Å²) >= 11 is 0. The molecule has 3 rings (SSSR count). The number of nitro benzene ring substituents is 1. The second-order valence-electron chi connectivity index (χ2n) is 7.99. The van der Waals surface area contributed by atoms with Gasteiger partial charge in [-0.25, -0.2) is 0 Å². The van der Waals surface area contributed by atoms with Crippen LogP contribution in [0.4, 0.5) is 11.4 Å². The van der Waals surface area contributed by atoms with Gasteiger partial charge in [-0.05, 0) is 43.5 Å². The van der Waals surface area contributed by atoms with Crippen LogP contribution in [-0.4, -0.2) is 65.9 Å². The minimum absolute atomic E-state index is 0.0794. The number of aryl methyl sites for hydroxylation is 3. The van der Waals surface area contributed by atoms with Gasteiger partial charge >= 0.3 is 5.69 Å². The second kappa shape index (κ2) is 10.2. The van der Waals surface area contributed by atoms with Crippen LogP contribution in [-0.2, 0) is 9.59 Å². The highest BCUT2D eigenvalue weighted by atomic mass is 16.6. The lowest BCUT2D eigenvalue weighted by molar-refractivity contribution is -0.385. The lowest BCUT2D eigenvalue weighted by atomic mass is 10.1. The van der Waals surface area contributed by atoms with Crippen molar-refractivity contribution in [1.29, 1.82) is 0 Å². The summed E-state index contributed by atoms with van der Waals surface area (Å²) in [6.07, 6.45) is 0. The molecule has 0 radical (unpaired) electrons. The standard InChI is InChI=1S/C23H28N4O5/c1-16-7-8-20(19(13-16)27(30)31)32-15-22(29)26-11-9-25(10-12-26)14-21(28)24-23-17(2)5-4-6-18(23)3/h4-8,13H,9-12,14-15H2,1-3H3,(H,24,28). The molecule has 2 aromatic carbocycles. The third kappa shape index (κ3) is 5.82. The van der Waals surface area contributed by atoms with E-state index in [9.17, 15) is 19.7 Å². The fourth-order valence-corrected chi connectivity index (χ4v) is 3.67. The maximum Gasteiger partial charge on any atom is 0.311 e. The molecule has 0 saturated carbocycles. The summed E-state index contributed by atoms with van der Waals surface area (Å²) in [6.45, 7) is 7.72. The number of para-hydroxylation sites is 1. The number of hydrogen-bond donors (Lipinski definition) is 1. The summed E-state index contributed by atoms with van der Waals surface area (Å²) in [5.41, 5.74) is 3.46. The van der Waals surface area contributed by atoms with Crippen molar-refractivity contribution >= 4 is 23.2 Å². The zero-order valence-electron chi connectivity index (χ0n) is 18.6. The molecule has 1 N–H and O–H groups in total. The van der Waals surface area contributed by atoms with E-state index in [4.69, 9.17) is 4.74 Å². The van der Waals surface area contributed by atoms with E-state index < -0.39 is 4.92 Å². The Balaban J connectivity index is 1.47. The van der Waals surface area contributed by atoms with E-state index >= 15 is 0 Å². The number of hydrogen-bond acceptors (Lipinski definition) is 6. The Morgan fingerprint density at radius 3 is 2.34 bits per heavy atom. The van der Waals surface area contributed by atoms with E-state index in [1.165, 1.54) is 12.1 Å². The molecule has 0 unspecified atom stereocenters. The molecule has 1 saturated heterocycles. The average Bonchev–Trinajstić information content (AvgIpc) is 2.75. The van der Waals surface area contributed by atoms with E-state index in [2.05, 4.69) is 5.32 Å². The fourth-order valence-electron chi connectivity index (χ4n) is 3.67. The van der Waals surface area contributed by atoms with E-state index in [0.717, 1.165) is 22.4 Å². The predicted molar refractivity (Wildman–Crippen MR) is 121 cm³/mol. The second-order valence-corrected chi connectivity index (χ2v) is 7.99. The molecule has 9 nitrogen and oxygen atoms in total. The molecule has 0 bridgehead atoms. The first-order chi connectivity index (χ1) is 15.2. The topological polar surface area (TPSA) is 105 Å². The third-order valence-corrected chi connectivity index (χ3v) is 5.50. The van der Waals surface area contributed by atoms with Gasteiger partial charge in [-0.1, -0.05) is 24.3 Å². The first kappa shape index (κ1) is 23.2. The molecule has 1 fully saturated rings. The Kier molecular flexibility index (Phi) is 7.42. The molecule has 1 aliphatic heterocycles. The molecular weight excluding hydrogens is 412 g/mol. The molecule has 0 spiro atoms. The monoisotopic (exact) mass is 440 g/mol. The zero-order chi connectivity index (χ0) is 23.3. The number of anilines is 1. The van der Waals surface area contributed by atoms with Crippen LogP contribution in [0.3, 0.4) is 0 Å². The molecule has 2 aromatic rings. The fraction of sp³-hybridized carbons (Fsp3) is 0.391. The largest absolute Gasteiger partial charge is 0.477 e. The van der Waals surface area contributed by atoms with Crippen LogP contribution in [0.5, 0.6) is 5.75 Å². The maximum absolute atomic E-state index is 12.5. The van der Waals surface area contributed by atoms with Crippen molar-refractivity contribution in [1.82, 2.24) is 9.80 Å². The van der Waals surface area contributed by atoms with Gasteiger partial charge in [0, 0.05) is 37.9 Å². The SMILES string of the molecule is Cc1ccc(OCC(=O)N2CCN(CC(=O)Nc3c(C)cccc3C)CC2)c([N+](=O)[O-])c1. The number of carbonyl (C=O) groups is 2. The highest BCUT2D eigenvalue weighted by Crippen LogP contribution is 2.27. The normalized spacial score (nSPS) is 14.2. The Hall–Kier alpha value is -3.46. The van der Waals surface area contributed by atoms with E-state index in [-0.39, 0.29) is 36.4 Å². The molecule has 170 valence electrons. The van der Waals surface area contributed by atoms with Gasteiger partial charge in [-0.3, -0.25) is 24.6 Å². The number of nitrogens with one attached hydrogen (secondary N) is 1. The number of piperazine rings is 1. The summed E-state index contributed by atoms with van der Waals surface area (Å²) in [5.74, 6) is -0.243. The minimum atomic E-state index is -0.519. The van der Waals surface area contributed by atoms with Gasteiger partial charge < -0.3 is 15.0 Å². The number of benzene rings is 2. The van der Waals surface area contributed by atoms with Crippen molar-refractivity contribution in [3.8, 4) is 5.75 Å². The van der Waals surface area contributed by atoms with Crippen molar-refractivity contribution in [3.05, 3.63) is 63.2 Å². The van der Waals surface area contributed by atoms with Crippen LogP contribution >= 0.6 is 0 Å². The van der Waals surface area contributed by atoms with Crippen LogP contribution in [0.15, 0.2) is 36.4 Å². The van der Waals surface area contributed by atoms with Crippen molar-refractivity contribution in [3.63, 3.8) is 0 Å². The molecule has 1 heterocycles. The van der Waals surface area contributed by atoms with Gasteiger partial charge in [-0.15, -0.1) is 0 Å². The number of amides is 2. The summed E-state index contributed by atoms with van der Waals surface area (Å²) in [7, 11) is 0. The summed E-state index contributed by atoms with van der Waals surface area (Å²) in [6, 6.07) is 10.5. The highest BCUT2D eigenvalue weighted by Gasteiger charge is 2.24. The summed E-state index contributed by atoms with van der Waals surface area (Å²) < 4.78 is 5.44. The van der Waals surface area contributed by atoms with Crippen molar-refractivity contribution in [2.45, 2.75) is 20.8 Å². The zero-order valence-corrected chi connectivity index (χ0v) is 18.6. The third-order valence-electron chi connectivity index (χ3n) is 5.50. The van der Waals surface area contributed by atoms with Gasteiger partial charge in [0.2, 0.25) is 5.91 Å². The average molecular weight is 441 g/mol. The predicted octanol–water partition coefficient (Wildman–Crippen LogP) is 2.68. The lowest BCUT2D eigenvalue weighted by Crippen LogP contribution is -2.51. The minimum Gasteiger partial charge on any atom is -0.477 e. The van der Waals surface area contributed by atoms with E-state index in [1.54, 1.807) is 17.9 Å². The Bertz CT molecular complexity index is 995. The Labute approximate surface area is 187 Å². The van der Waals surface area contributed by atoms with Gasteiger partial charge in [0.15, 0.2) is 12.4 Å². The van der Waals surface area contributed by atoms with E-state index in [0.29, 0.717) is 26.2 Å². The van der Waals surface area contributed by atoms with Crippen LogP contribution in [0.25, 0.3) is 0 Å². The molecule has 0 aromatic heterocycles. The molecule has 9 heteroatoms. The van der Waals surface area contributed by atoms with Gasteiger partial charge in [-0.2, -0.15) is 0 Å². The maximum atomic E-state index is 12.5. The van der Waals surface area contributed by atoms with Crippen LogP contribution in [0, 0.1) is 30.9 Å². The van der Waals surface area contributed by atoms with Gasteiger partial charge in [0.05, 0.1) is 11.5 Å². The van der Waals surface area contributed by atoms with Crippen molar-refractivity contribution in [2.24, 2.45) is 0 Å². The lowest BCUT2D eigenvalue weighted by Gasteiger charge is -2.34. The van der Waals surface area contributed by atoms with Crippen molar-refractivity contribution in [2.75, 3.05) is 44.6 Å². The first-order valence-electron chi connectivity index (χ1n) is 10.5. The number of rotatable bonds is 7. The molecule has 2 amide bonds. The van der Waals surface area contributed by atoms with Crippen molar-refractivity contribution < 1.29 is 19.2 Å². The smallest absolute Gasteiger partial charge is 0.311 e. The Morgan fingerprint density at radius 2 is 1.72 bits per heavy atom. The summed E-state index contributed by atoms with van der Waals surface area (Å²) in [4.78, 5) is 39.3. The number of nitrogens with zero attached hydrogens (tertiary/aromatic N) is 3. The number of nitro groups is 1. The van der Waals surface area contributed by atoms with Crippen LogP contribution < -0.4 is 10.1 Å². The summed E-state index contributed by atoms with van der Waals surface area (Å²) in [5, 5.41) is 14.2. The molecule has 1 aliphatic rings. The van der Waals surface area contributed by atoms with Gasteiger partial charge in [0.25, 0.3) is 5.91 Å². The molecule has 0 atom stereocenters. The van der Waals surface area contributed by atoms with Crippen LogP contribution in [0.2, 0.25) is 0 Å². The van der Waals surface area contributed by atoms with Crippen LogP contribution in [0.1, 0.15) is 16.7 Å².